The second kappa shape index (κ2) is 11.0. The molecular weight excluding hydrogens is 468 g/mol. The van der Waals surface area contributed by atoms with Crippen molar-refractivity contribution in [1.82, 2.24) is 19.6 Å². The highest BCUT2D eigenvalue weighted by Crippen LogP contribution is 2.32. The van der Waals surface area contributed by atoms with Crippen molar-refractivity contribution in [2.75, 3.05) is 33.3 Å². The fourth-order valence-corrected chi connectivity index (χ4v) is 4.41. The normalized spacial score (nSPS) is 13.8. The van der Waals surface area contributed by atoms with Crippen LogP contribution in [0.3, 0.4) is 0 Å². The molecule has 0 bridgehead atoms. The fraction of sp³-hybridized carbons (Fsp3) is 0.207. The number of benzene rings is 2. The molecule has 0 atom stereocenters. The number of carbonyl (C=O) groups is 2. The molecule has 2 amide bonds. The number of hydrogen-bond donors (Lipinski definition) is 0. The molecule has 2 aromatic carbocycles. The van der Waals surface area contributed by atoms with Crippen LogP contribution < -0.4 is 4.74 Å². The number of aromatic nitrogens is 2. The van der Waals surface area contributed by atoms with E-state index in [2.05, 4.69) is 12.1 Å². The molecule has 0 unspecified atom stereocenters. The molecule has 188 valence electrons. The van der Waals surface area contributed by atoms with Gasteiger partial charge < -0.3 is 19.0 Å². The van der Waals surface area contributed by atoms with E-state index >= 15 is 0 Å². The van der Waals surface area contributed by atoms with E-state index in [4.69, 9.17) is 14.3 Å². The van der Waals surface area contributed by atoms with Crippen molar-refractivity contribution in [3.63, 3.8) is 0 Å². The minimum absolute atomic E-state index is 0.105. The van der Waals surface area contributed by atoms with Gasteiger partial charge in [-0.25, -0.2) is 0 Å². The lowest BCUT2D eigenvalue weighted by Crippen LogP contribution is -2.50. The summed E-state index contributed by atoms with van der Waals surface area (Å²) in [4.78, 5) is 29.0. The third-order valence-electron chi connectivity index (χ3n) is 6.36. The molecule has 1 aliphatic rings. The number of para-hydroxylation sites is 1. The van der Waals surface area contributed by atoms with Gasteiger partial charge in [-0.05, 0) is 35.9 Å². The molecule has 1 aliphatic heterocycles. The summed E-state index contributed by atoms with van der Waals surface area (Å²) in [6, 6.07) is 21.2. The van der Waals surface area contributed by atoms with Crippen LogP contribution >= 0.6 is 0 Å². The van der Waals surface area contributed by atoms with Gasteiger partial charge in [0.2, 0.25) is 5.91 Å². The van der Waals surface area contributed by atoms with Crippen LogP contribution in [0.1, 0.15) is 21.7 Å². The molecule has 8 nitrogen and oxygen atoms in total. The van der Waals surface area contributed by atoms with Gasteiger partial charge in [-0.1, -0.05) is 42.5 Å². The van der Waals surface area contributed by atoms with Crippen molar-refractivity contribution in [2.45, 2.75) is 6.54 Å². The lowest BCUT2D eigenvalue weighted by atomic mass is 10.1. The second-order valence-electron chi connectivity index (χ2n) is 8.74. The Morgan fingerprint density at radius 1 is 0.946 bits per heavy atom. The Balaban J connectivity index is 1.33. The molecule has 0 spiro atoms. The zero-order chi connectivity index (χ0) is 25.6. The molecule has 0 aliphatic carbocycles. The van der Waals surface area contributed by atoms with Gasteiger partial charge in [-0.3, -0.25) is 14.3 Å². The molecule has 4 aromatic rings. The fourth-order valence-electron chi connectivity index (χ4n) is 4.41. The number of nitrogens with zero attached hydrogens (tertiary/aromatic N) is 4. The van der Waals surface area contributed by atoms with Gasteiger partial charge in [0.1, 0.15) is 11.4 Å². The number of ether oxygens (including phenoxy) is 1. The smallest absolute Gasteiger partial charge is 0.289 e. The largest absolute Gasteiger partial charge is 0.496 e. The van der Waals surface area contributed by atoms with E-state index in [9.17, 15) is 9.59 Å². The highest BCUT2D eigenvalue weighted by molar-refractivity contribution is 5.94. The zero-order valence-corrected chi connectivity index (χ0v) is 20.6. The Hall–Kier alpha value is -4.59. The summed E-state index contributed by atoms with van der Waals surface area (Å²) in [6.45, 7) is 2.45. The Morgan fingerprint density at radius 3 is 2.41 bits per heavy atom. The van der Waals surface area contributed by atoms with Gasteiger partial charge in [0.25, 0.3) is 5.91 Å². The molecule has 1 fully saturated rings. The van der Waals surface area contributed by atoms with Crippen LogP contribution in [0.5, 0.6) is 5.75 Å². The van der Waals surface area contributed by atoms with E-state index in [-0.39, 0.29) is 11.8 Å². The first-order valence-corrected chi connectivity index (χ1v) is 12.2. The summed E-state index contributed by atoms with van der Waals surface area (Å²) in [5, 5.41) is 4.84. The first kappa shape index (κ1) is 24.1. The summed E-state index contributed by atoms with van der Waals surface area (Å²) in [5.41, 5.74) is 3.55. The number of rotatable bonds is 7. The maximum atomic E-state index is 13.0. The molecule has 0 radical (unpaired) electrons. The van der Waals surface area contributed by atoms with Crippen LogP contribution in [0.25, 0.3) is 17.3 Å². The average Bonchev–Trinajstić information content (AvgIpc) is 3.62. The SMILES string of the molecule is COc1ccccc1-c1nn(Cc2ccccc2)cc1/C=C/C(=O)N1CCN(C(=O)c2ccco2)CC1. The van der Waals surface area contributed by atoms with Gasteiger partial charge in [-0.15, -0.1) is 0 Å². The first-order chi connectivity index (χ1) is 18.1. The van der Waals surface area contributed by atoms with Crippen molar-refractivity contribution < 1.29 is 18.7 Å². The van der Waals surface area contributed by atoms with E-state index in [1.165, 1.54) is 6.26 Å². The molecule has 3 heterocycles. The lowest BCUT2D eigenvalue weighted by molar-refractivity contribution is -0.127. The summed E-state index contributed by atoms with van der Waals surface area (Å²) in [5.74, 6) is 0.772. The molecule has 2 aromatic heterocycles. The first-order valence-electron chi connectivity index (χ1n) is 12.2. The van der Waals surface area contributed by atoms with Crippen LogP contribution in [0.4, 0.5) is 0 Å². The van der Waals surface area contributed by atoms with Crippen LogP contribution in [-0.4, -0.2) is 64.7 Å². The molecule has 8 heteroatoms. The van der Waals surface area contributed by atoms with E-state index in [0.29, 0.717) is 44.2 Å². The van der Waals surface area contributed by atoms with Crippen molar-refractivity contribution in [3.05, 3.63) is 102 Å². The Bertz CT molecular complexity index is 1380. The quantitative estimate of drug-likeness (QED) is 0.358. The van der Waals surface area contributed by atoms with Gasteiger partial charge >= 0.3 is 0 Å². The average molecular weight is 497 g/mol. The number of amides is 2. The van der Waals surface area contributed by atoms with Crippen LogP contribution in [0.2, 0.25) is 0 Å². The van der Waals surface area contributed by atoms with Gasteiger partial charge in [0, 0.05) is 49.6 Å². The summed E-state index contributed by atoms with van der Waals surface area (Å²) < 4.78 is 12.7. The summed E-state index contributed by atoms with van der Waals surface area (Å²) >= 11 is 0. The third kappa shape index (κ3) is 5.48. The Morgan fingerprint density at radius 2 is 1.68 bits per heavy atom. The van der Waals surface area contributed by atoms with E-state index in [1.54, 1.807) is 41.2 Å². The number of furan rings is 1. The summed E-state index contributed by atoms with van der Waals surface area (Å²) in [6.07, 6.45) is 6.81. The maximum absolute atomic E-state index is 13.0. The topological polar surface area (TPSA) is 80.8 Å². The number of carbonyl (C=O) groups excluding carboxylic acids is 2. The Labute approximate surface area is 215 Å². The molecule has 0 N–H and O–H groups in total. The molecule has 37 heavy (non-hydrogen) atoms. The second-order valence-corrected chi connectivity index (χ2v) is 8.74. The lowest BCUT2D eigenvalue weighted by Gasteiger charge is -2.33. The summed E-state index contributed by atoms with van der Waals surface area (Å²) in [7, 11) is 1.63. The predicted molar refractivity (Wildman–Crippen MR) is 140 cm³/mol. The number of piperazine rings is 1. The van der Waals surface area contributed by atoms with Crippen LogP contribution in [0, 0.1) is 0 Å². The van der Waals surface area contributed by atoms with Crippen molar-refractivity contribution in [2.24, 2.45) is 0 Å². The van der Waals surface area contributed by atoms with Crippen LogP contribution in [-0.2, 0) is 11.3 Å². The van der Waals surface area contributed by atoms with E-state index in [0.717, 1.165) is 22.4 Å². The van der Waals surface area contributed by atoms with Crippen molar-refractivity contribution >= 4 is 17.9 Å². The molecule has 0 saturated carbocycles. The maximum Gasteiger partial charge on any atom is 0.289 e. The van der Waals surface area contributed by atoms with E-state index < -0.39 is 0 Å². The minimum Gasteiger partial charge on any atom is -0.496 e. The molecule has 5 rings (SSSR count). The standard InChI is InChI=1S/C29H28N4O4/c1-36-25-11-6-5-10-24(25)28-23(21-33(30-28)20-22-8-3-2-4-9-22)13-14-27(34)31-15-17-32(18-16-31)29(35)26-12-7-19-37-26/h2-14,19,21H,15-18,20H2,1H3/b14-13+. The van der Waals surface area contributed by atoms with Crippen molar-refractivity contribution in [3.8, 4) is 17.0 Å². The Kier molecular flexibility index (Phi) is 7.16. The highest BCUT2D eigenvalue weighted by atomic mass is 16.5. The van der Waals surface area contributed by atoms with Gasteiger partial charge in [-0.2, -0.15) is 5.10 Å². The van der Waals surface area contributed by atoms with E-state index in [1.807, 2.05) is 53.3 Å². The molecular formula is C29H28N4O4. The van der Waals surface area contributed by atoms with Gasteiger partial charge in [0.05, 0.1) is 19.9 Å². The van der Waals surface area contributed by atoms with Gasteiger partial charge in [0.15, 0.2) is 5.76 Å². The minimum atomic E-state index is -0.153. The number of methoxy groups -OCH3 is 1. The molecule has 1 saturated heterocycles. The van der Waals surface area contributed by atoms with Crippen molar-refractivity contribution in [1.29, 1.82) is 0 Å². The van der Waals surface area contributed by atoms with Crippen LogP contribution in [0.15, 0.2) is 89.7 Å². The predicted octanol–water partition coefficient (Wildman–Crippen LogP) is 4.20. The highest BCUT2D eigenvalue weighted by Gasteiger charge is 2.25. The monoisotopic (exact) mass is 496 g/mol. The number of hydrogen-bond acceptors (Lipinski definition) is 5. The zero-order valence-electron chi connectivity index (χ0n) is 20.6. The third-order valence-corrected chi connectivity index (χ3v) is 6.36.